The van der Waals surface area contributed by atoms with Crippen LogP contribution in [0.25, 0.3) is 11.0 Å². The van der Waals surface area contributed by atoms with Crippen molar-refractivity contribution in [3.05, 3.63) is 105 Å². The van der Waals surface area contributed by atoms with Crippen LogP contribution in [0.3, 0.4) is 0 Å². The maximum absolute atomic E-state index is 13.9. The highest BCUT2D eigenvalue weighted by molar-refractivity contribution is 6.10. The van der Waals surface area contributed by atoms with Gasteiger partial charge in [0.25, 0.3) is 5.91 Å². The van der Waals surface area contributed by atoms with Gasteiger partial charge in [-0.3, -0.25) is 14.5 Å². The van der Waals surface area contributed by atoms with Crippen LogP contribution in [0.4, 0.5) is 10.2 Å². The number of amides is 1. The normalized spacial score (nSPS) is 15.6. The molecule has 0 N–H and O–H groups in total. The Kier molecular flexibility index (Phi) is 4.66. The molecule has 6 heteroatoms. The quantitative estimate of drug-likeness (QED) is 0.432. The molecule has 5 rings (SSSR count). The largest absolute Gasteiger partial charge is 0.450 e. The summed E-state index contributed by atoms with van der Waals surface area (Å²) in [4.78, 5) is 33.0. The predicted molar refractivity (Wildman–Crippen MR) is 121 cm³/mol. The zero-order chi connectivity index (χ0) is 22.6. The van der Waals surface area contributed by atoms with Gasteiger partial charge in [0, 0.05) is 5.69 Å². The van der Waals surface area contributed by atoms with E-state index in [1.54, 1.807) is 6.07 Å². The Morgan fingerprint density at radius 1 is 1.03 bits per heavy atom. The topological polar surface area (TPSA) is 63.4 Å². The van der Waals surface area contributed by atoms with Crippen LogP contribution >= 0.6 is 0 Å². The number of carbonyl (C=O) groups is 1. The number of rotatable bonds is 3. The fraction of sp³-hybridized carbons (Fsp3) is 0.192. The summed E-state index contributed by atoms with van der Waals surface area (Å²) in [5, 5.41) is 0.111. The summed E-state index contributed by atoms with van der Waals surface area (Å²) >= 11 is 0. The Morgan fingerprint density at radius 2 is 1.78 bits per heavy atom. The van der Waals surface area contributed by atoms with Gasteiger partial charge >= 0.3 is 0 Å². The maximum Gasteiger partial charge on any atom is 0.296 e. The van der Waals surface area contributed by atoms with E-state index in [1.807, 2.05) is 43.3 Å². The first-order chi connectivity index (χ1) is 15.3. The van der Waals surface area contributed by atoms with Crippen molar-refractivity contribution >= 4 is 22.7 Å². The molecule has 2 aromatic heterocycles. The Labute approximate surface area is 184 Å². The summed E-state index contributed by atoms with van der Waals surface area (Å²) < 4.78 is 19.8. The average Bonchev–Trinajstić information content (AvgIpc) is 3.07. The van der Waals surface area contributed by atoms with Gasteiger partial charge in [-0.25, -0.2) is 9.37 Å². The lowest BCUT2D eigenvalue weighted by Crippen LogP contribution is -2.30. The van der Waals surface area contributed by atoms with Crippen LogP contribution < -0.4 is 10.3 Å². The molecule has 0 aliphatic carbocycles. The first kappa shape index (κ1) is 20.1. The highest BCUT2D eigenvalue weighted by Crippen LogP contribution is 2.40. The average molecular weight is 428 g/mol. The van der Waals surface area contributed by atoms with Gasteiger partial charge in [0.05, 0.1) is 17.0 Å². The van der Waals surface area contributed by atoms with Crippen LogP contribution in [0.1, 0.15) is 58.7 Å². The van der Waals surface area contributed by atoms with E-state index in [4.69, 9.17) is 4.42 Å². The molecule has 0 radical (unpaired) electrons. The first-order valence-corrected chi connectivity index (χ1v) is 10.5. The number of hydrogen-bond donors (Lipinski definition) is 0. The molecular weight excluding hydrogens is 407 g/mol. The summed E-state index contributed by atoms with van der Waals surface area (Å²) in [6.45, 7) is 6.04. The molecule has 4 aromatic rings. The Hall–Kier alpha value is -3.80. The number of carbonyl (C=O) groups excluding carboxylic acids is 1. The number of pyridine rings is 1. The molecular formula is C26H21FN2O3. The molecule has 0 saturated carbocycles. The summed E-state index contributed by atoms with van der Waals surface area (Å²) in [6, 6.07) is 16.2. The number of nitrogens with zero attached hydrogens (tertiary/aromatic N) is 2. The van der Waals surface area contributed by atoms with Crippen molar-refractivity contribution in [1.82, 2.24) is 4.98 Å². The minimum Gasteiger partial charge on any atom is -0.450 e. The van der Waals surface area contributed by atoms with Crippen molar-refractivity contribution in [2.45, 2.75) is 32.7 Å². The Balaban J connectivity index is 1.79. The van der Waals surface area contributed by atoms with E-state index in [1.165, 1.54) is 17.0 Å². The van der Waals surface area contributed by atoms with Crippen molar-refractivity contribution in [2.75, 3.05) is 4.90 Å². The van der Waals surface area contributed by atoms with Crippen LogP contribution in [0.15, 0.2) is 69.9 Å². The van der Waals surface area contributed by atoms with E-state index >= 15 is 0 Å². The smallest absolute Gasteiger partial charge is 0.296 e. The van der Waals surface area contributed by atoms with Crippen molar-refractivity contribution in [1.29, 1.82) is 0 Å². The van der Waals surface area contributed by atoms with Gasteiger partial charge in [-0.15, -0.1) is 0 Å². The third-order valence-corrected chi connectivity index (χ3v) is 5.87. The van der Waals surface area contributed by atoms with Gasteiger partial charge in [-0.05, 0) is 54.3 Å². The second-order valence-corrected chi connectivity index (χ2v) is 8.35. The van der Waals surface area contributed by atoms with E-state index in [0.29, 0.717) is 11.7 Å². The molecule has 3 heterocycles. The summed E-state index contributed by atoms with van der Waals surface area (Å²) in [5.74, 6) is -0.249. The van der Waals surface area contributed by atoms with E-state index in [-0.39, 0.29) is 22.3 Å². The van der Waals surface area contributed by atoms with Gasteiger partial charge < -0.3 is 4.42 Å². The van der Waals surface area contributed by atoms with Crippen molar-refractivity contribution in [3.63, 3.8) is 0 Å². The van der Waals surface area contributed by atoms with Gasteiger partial charge in [-0.2, -0.15) is 0 Å². The number of halogens is 1. The van der Waals surface area contributed by atoms with Crippen LogP contribution in [0, 0.1) is 12.7 Å². The molecule has 1 aliphatic heterocycles. The zero-order valence-electron chi connectivity index (χ0n) is 17.9. The SMILES string of the molecule is Cc1cccc(N2C(=O)c3oc4ccc(F)cc4c(=O)c3C2c2ccc(C(C)C)cc2)n1. The summed E-state index contributed by atoms with van der Waals surface area (Å²) in [7, 11) is 0. The molecule has 5 nitrogen and oxygen atoms in total. The molecule has 1 atom stereocenters. The minimum absolute atomic E-state index is 0.0321. The second kappa shape index (κ2) is 7.41. The number of aryl methyl sites for hydroxylation is 1. The second-order valence-electron chi connectivity index (χ2n) is 8.35. The van der Waals surface area contributed by atoms with E-state index in [2.05, 4.69) is 18.8 Å². The van der Waals surface area contributed by atoms with Crippen molar-refractivity contribution in [2.24, 2.45) is 0 Å². The molecule has 2 aromatic carbocycles. The van der Waals surface area contributed by atoms with Gasteiger partial charge in [-0.1, -0.05) is 44.2 Å². The molecule has 0 spiro atoms. The van der Waals surface area contributed by atoms with E-state index in [9.17, 15) is 14.0 Å². The number of benzene rings is 2. The molecule has 0 saturated heterocycles. The van der Waals surface area contributed by atoms with Crippen LogP contribution in [-0.4, -0.2) is 10.9 Å². The monoisotopic (exact) mass is 428 g/mol. The number of aromatic nitrogens is 1. The van der Waals surface area contributed by atoms with Crippen LogP contribution in [0.5, 0.6) is 0 Å². The fourth-order valence-corrected chi connectivity index (χ4v) is 4.22. The first-order valence-electron chi connectivity index (χ1n) is 10.5. The fourth-order valence-electron chi connectivity index (χ4n) is 4.22. The molecule has 1 amide bonds. The third kappa shape index (κ3) is 3.11. The van der Waals surface area contributed by atoms with Gasteiger partial charge in [0.1, 0.15) is 17.2 Å². The van der Waals surface area contributed by atoms with Gasteiger partial charge in [0.15, 0.2) is 5.43 Å². The minimum atomic E-state index is -0.725. The summed E-state index contributed by atoms with van der Waals surface area (Å²) in [5.41, 5.74) is 2.61. The third-order valence-electron chi connectivity index (χ3n) is 5.87. The number of fused-ring (bicyclic) bond motifs is 2. The van der Waals surface area contributed by atoms with E-state index < -0.39 is 23.2 Å². The lowest BCUT2D eigenvalue weighted by molar-refractivity contribution is 0.0970. The summed E-state index contributed by atoms with van der Waals surface area (Å²) in [6.07, 6.45) is 0. The maximum atomic E-state index is 13.9. The van der Waals surface area contributed by atoms with E-state index in [0.717, 1.165) is 22.9 Å². The molecule has 0 fully saturated rings. The number of anilines is 1. The molecule has 1 aliphatic rings. The highest BCUT2D eigenvalue weighted by atomic mass is 19.1. The van der Waals surface area contributed by atoms with Gasteiger partial charge in [0.2, 0.25) is 5.76 Å². The standard InChI is InChI=1S/C26H21FN2O3/c1-14(2)16-7-9-17(10-8-16)23-22-24(30)19-13-18(27)11-12-20(19)32-25(22)26(31)29(23)21-6-4-5-15(3)28-21/h4-14,23H,1-3H3. The number of hydrogen-bond acceptors (Lipinski definition) is 4. The lowest BCUT2D eigenvalue weighted by atomic mass is 9.95. The zero-order valence-corrected chi connectivity index (χ0v) is 17.9. The Morgan fingerprint density at radius 3 is 2.47 bits per heavy atom. The molecule has 32 heavy (non-hydrogen) atoms. The Bertz CT molecular complexity index is 1420. The predicted octanol–water partition coefficient (Wildman–Crippen LogP) is 5.51. The highest BCUT2D eigenvalue weighted by Gasteiger charge is 2.44. The van der Waals surface area contributed by atoms with Crippen LogP contribution in [0.2, 0.25) is 0 Å². The molecule has 0 bridgehead atoms. The van der Waals surface area contributed by atoms with Crippen molar-refractivity contribution in [3.8, 4) is 0 Å². The lowest BCUT2D eigenvalue weighted by Gasteiger charge is -2.24. The van der Waals surface area contributed by atoms with Crippen molar-refractivity contribution < 1.29 is 13.6 Å². The van der Waals surface area contributed by atoms with Crippen LogP contribution in [-0.2, 0) is 0 Å². The molecule has 1 unspecified atom stereocenters. The molecule has 160 valence electrons.